The van der Waals surface area contributed by atoms with Crippen molar-refractivity contribution < 1.29 is 0 Å². The van der Waals surface area contributed by atoms with Crippen LogP contribution in [0.4, 0.5) is 0 Å². The number of imidazole rings is 2. The fraction of sp³-hybridized carbons (Fsp3) is 0.250. The third-order valence-corrected chi connectivity index (χ3v) is 4.03. The molecule has 0 aromatic carbocycles. The summed E-state index contributed by atoms with van der Waals surface area (Å²) in [7, 11) is 0. The summed E-state index contributed by atoms with van der Waals surface area (Å²) in [5, 5.41) is 0. The van der Waals surface area contributed by atoms with Gasteiger partial charge in [0.1, 0.15) is 5.69 Å². The summed E-state index contributed by atoms with van der Waals surface area (Å²) in [5.41, 5.74) is 7.41. The third-order valence-electron chi connectivity index (χ3n) is 4.03. The molecule has 0 radical (unpaired) electrons. The summed E-state index contributed by atoms with van der Waals surface area (Å²) < 4.78 is 4.10. The molecule has 6 heteroatoms. The van der Waals surface area contributed by atoms with E-state index in [0.717, 1.165) is 45.5 Å². The summed E-state index contributed by atoms with van der Waals surface area (Å²) in [6, 6.07) is 0. The Balaban J connectivity index is 2.15. The van der Waals surface area contributed by atoms with Crippen molar-refractivity contribution in [3.05, 3.63) is 47.6 Å². The molecule has 0 saturated carbocycles. The van der Waals surface area contributed by atoms with Crippen molar-refractivity contribution in [2.24, 2.45) is 0 Å². The highest BCUT2D eigenvalue weighted by Gasteiger charge is 2.16. The molecule has 0 atom stereocenters. The van der Waals surface area contributed by atoms with E-state index in [0.29, 0.717) is 0 Å². The molecule has 0 N–H and O–H groups in total. The summed E-state index contributed by atoms with van der Waals surface area (Å²) in [5.74, 6) is 0. The SMILES string of the molecule is Cc1cn2ccnc(-c3cnc(C)c4nc(C)c(C)n34)c2n1. The molecule has 4 aromatic rings. The van der Waals surface area contributed by atoms with Gasteiger partial charge in [0.05, 0.1) is 29.0 Å². The first-order valence-electron chi connectivity index (χ1n) is 7.18. The van der Waals surface area contributed by atoms with Gasteiger partial charge in [-0.3, -0.25) is 9.38 Å². The molecule has 0 aliphatic carbocycles. The lowest BCUT2D eigenvalue weighted by Gasteiger charge is -2.08. The average molecular weight is 292 g/mol. The molecule has 4 heterocycles. The lowest BCUT2D eigenvalue weighted by Crippen LogP contribution is -2.02. The van der Waals surface area contributed by atoms with Crippen molar-refractivity contribution in [2.75, 3.05) is 0 Å². The highest BCUT2D eigenvalue weighted by molar-refractivity contribution is 5.73. The van der Waals surface area contributed by atoms with E-state index in [9.17, 15) is 0 Å². The van der Waals surface area contributed by atoms with Crippen molar-refractivity contribution in [3.8, 4) is 11.4 Å². The standard InChI is InChI=1S/C16H16N6/c1-9-8-21-6-5-17-14(16(21)19-9)13-7-18-11(3)15-20-10(2)12(4)22(13)15/h5-8H,1-4H3. The van der Waals surface area contributed by atoms with Gasteiger partial charge in [0, 0.05) is 24.3 Å². The average Bonchev–Trinajstić information content (AvgIpc) is 3.01. The predicted molar refractivity (Wildman–Crippen MR) is 83.9 cm³/mol. The van der Waals surface area contributed by atoms with Gasteiger partial charge in [-0.05, 0) is 27.7 Å². The zero-order valence-electron chi connectivity index (χ0n) is 13.0. The summed E-state index contributed by atoms with van der Waals surface area (Å²) >= 11 is 0. The lowest BCUT2D eigenvalue weighted by molar-refractivity contribution is 1.03. The van der Waals surface area contributed by atoms with Crippen LogP contribution in [-0.4, -0.2) is 28.7 Å². The molecule has 0 amide bonds. The molecule has 110 valence electrons. The van der Waals surface area contributed by atoms with Gasteiger partial charge < -0.3 is 4.40 Å². The molecular formula is C16H16N6. The van der Waals surface area contributed by atoms with E-state index in [1.54, 1.807) is 6.20 Å². The highest BCUT2D eigenvalue weighted by Crippen LogP contribution is 2.25. The molecule has 0 unspecified atom stereocenters. The van der Waals surface area contributed by atoms with Gasteiger partial charge in [0.2, 0.25) is 0 Å². The minimum atomic E-state index is 0.814. The maximum atomic E-state index is 4.63. The first-order chi connectivity index (χ1) is 10.6. The van der Waals surface area contributed by atoms with Crippen LogP contribution in [0.5, 0.6) is 0 Å². The molecule has 4 rings (SSSR count). The normalized spacial score (nSPS) is 11.6. The van der Waals surface area contributed by atoms with E-state index >= 15 is 0 Å². The maximum absolute atomic E-state index is 4.63. The van der Waals surface area contributed by atoms with Gasteiger partial charge in [0.25, 0.3) is 0 Å². The van der Waals surface area contributed by atoms with Crippen LogP contribution in [0.2, 0.25) is 0 Å². The number of rotatable bonds is 1. The fourth-order valence-corrected chi connectivity index (χ4v) is 2.81. The van der Waals surface area contributed by atoms with E-state index in [2.05, 4.69) is 31.3 Å². The van der Waals surface area contributed by atoms with Crippen LogP contribution in [0, 0.1) is 27.7 Å². The van der Waals surface area contributed by atoms with E-state index in [1.807, 2.05) is 43.8 Å². The van der Waals surface area contributed by atoms with Crippen LogP contribution in [0.25, 0.3) is 22.7 Å². The van der Waals surface area contributed by atoms with E-state index in [1.165, 1.54) is 0 Å². The molecule has 0 saturated heterocycles. The Bertz CT molecular complexity index is 1020. The zero-order valence-corrected chi connectivity index (χ0v) is 13.0. The minimum absolute atomic E-state index is 0.814. The number of aromatic nitrogens is 6. The van der Waals surface area contributed by atoms with Gasteiger partial charge in [-0.15, -0.1) is 0 Å². The Morgan fingerprint density at radius 1 is 0.909 bits per heavy atom. The van der Waals surface area contributed by atoms with Crippen LogP contribution < -0.4 is 0 Å². The monoisotopic (exact) mass is 292 g/mol. The summed E-state index contributed by atoms with van der Waals surface area (Å²) in [6.07, 6.45) is 7.53. The van der Waals surface area contributed by atoms with Crippen LogP contribution in [0.3, 0.4) is 0 Å². The largest absolute Gasteiger partial charge is 0.303 e. The minimum Gasteiger partial charge on any atom is -0.303 e. The number of hydrogen-bond acceptors (Lipinski definition) is 4. The molecule has 0 bridgehead atoms. The van der Waals surface area contributed by atoms with Crippen molar-refractivity contribution >= 4 is 11.3 Å². The molecule has 0 fully saturated rings. The number of hydrogen-bond donors (Lipinski definition) is 0. The first-order valence-corrected chi connectivity index (χ1v) is 7.18. The molecule has 22 heavy (non-hydrogen) atoms. The van der Waals surface area contributed by atoms with Crippen LogP contribution >= 0.6 is 0 Å². The zero-order chi connectivity index (χ0) is 15.4. The van der Waals surface area contributed by atoms with Crippen molar-refractivity contribution in [2.45, 2.75) is 27.7 Å². The molecular weight excluding hydrogens is 276 g/mol. The molecule has 6 nitrogen and oxygen atoms in total. The van der Waals surface area contributed by atoms with E-state index in [-0.39, 0.29) is 0 Å². The fourth-order valence-electron chi connectivity index (χ4n) is 2.81. The van der Waals surface area contributed by atoms with E-state index < -0.39 is 0 Å². The smallest absolute Gasteiger partial charge is 0.165 e. The highest BCUT2D eigenvalue weighted by atomic mass is 15.1. The van der Waals surface area contributed by atoms with Crippen molar-refractivity contribution in [1.29, 1.82) is 0 Å². The number of aryl methyl sites for hydroxylation is 4. The lowest BCUT2D eigenvalue weighted by atomic mass is 10.3. The second-order valence-electron chi connectivity index (χ2n) is 5.56. The summed E-state index contributed by atoms with van der Waals surface area (Å²) in [6.45, 7) is 8.03. The predicted octanol–water partition coefficient (Wildman–Crippen LogP) is 2.67. The van der Waals surface area contributed by atoms with Crippen LogP contribution in [-0.2, 0) is 0 Å². The van der Waals surface area contributed by atoms with Crippen molar-refractivity contribution in [1.82, 2.24) is 28.7 Å². The Hall–Kier alpha value is -2.76. The van der Waals surface area contributed by atoms with Crippen molar-refractivity contribution in [3.63, 3.8) is 0 Å². The van der Waals surface area contributed by atoms with Crippen LogP contribution in [0.15, 0.2) is 24.8 Å². The Kier molecular flexibility index (Phi) is 2.57. The van der Waals surface area contributed by atoms with Gasteiger partial charge in [-0.1, -0.05) is 0 Å². The first kappa shape index (κ1) is 12.9. The Morgan fingerprint density at radius 2 is 1.73 bits per heavy atom. The van der Waals surface area contributed by atoms with Crippen LogP contribution in [0.1, 0.15) is 22.8 Å². The Morgan fingerprint density at radius 3 is 2.55 bits per heavy atom. The topological polar surface area (TPSA) is 60.4 Å². The second-order valence-corrected chi connectivity index (χ2v) is 5.56. The number of fused-ring (bicyclic) bond motifs is 2. The third kappa shape index (κ3) is 1.67. The van der Waals surface area contributed by atoms with E-state index in [4.69, 9.17) is 0 Å². The second kappa shape index (κ2) is 4.37. The van der Waals surface area contributed by atoms with Gasteiger partial charge >= 0.3 is 0 Å². The quantitative estimate of drug-likeness (QED) is 0.541. The summed E-state index contributed by atoms with van der Waals surface area (Å²) in [4.78, 5) is 18.3. The molecule has 0 aliphatic heterocycles. The van der Waals surface area contributed by atoms with Gasteiger partial charge in [-0.25, -0.2) is 15.0 Å². The number of nitrogens with zero attached hydrogens (tertiary/aromatic N) is 6. The maximum Gasteiger partial charge on any atom is 0.165 e. The molecule has 0 aliphatic rings. The van der Waals surface area contributed by atoms with Gasteiger partial charge in [-0.2, -0.15) is 0 Å². The van der Waals surface area contributed by atoms with Gasteiger partial charge in [0.15, 0.2) is 11.3 Å². The Labute approximate surface area is 127 Å². The molecule has 0 spiro atoms. The molecule has 4 aromatic heterocycles.